The molecule has 54 valence electrons. The number of rotatable bonds is 2. The lowest BCUT2D eigenvalue weighted by Crippen LogP contribution is -1.85. The Morgan fingerprint density at radius 2 is 1.44 bits per heavy atom. The van der Waals surface area contributed by atoms with Crippen molar-refractivity contribution in [2.24, 2.45) is 0 Å². The van der Waals surface area contributed by atoms with E-state index in [1.807, 2.05) is 0 Å². The molecule has 0 fully saturated rings. The third kappa shape index (κ3) is 37.8. The second-order valence-electron chi connectivity index (χ2n) is 1.08. The molecule has 9 heavy (non-hydrogen) atoms. The largest absolute Gasteiger partial charge is 0.395 e. The number of aliphatic hydroxyl groups is 3. The van der Waals surface area contributed by atoms with Crippen molar-refractivity contribution in [1.82, 2.24) is 0 Å². The molecule has 0 atom stereocenters. The van der Waals surface area contributed by atoms with Crippen LogP contribution in [0.2, 0.25) is 0 Å². The van der Waals surface area contributed by atoms with Crippen molar-refractivity contribution >= 4 is 0 Å². The molecule has 0 aromatic rings. The average molecular weight is 133 g/mol. The molecule has 4 nitrogen and oxygen atoms in total. The first-order valence-electron chi connectivity index (χ1n) is 2.53. The van der Waals surface area contributed by atoms with E-state index in [-0.39, 0.29) is 26.2 Å². The molecule has 0 heterocycles. The van der Waals surface area contributed by atoms with E-state index < -0.39 is 0 Å². The topological polar surface area (TPSA) is 84.5 Å². The standard InChI is InChI=1S/C3H5NO.C2H6O2/c4-2-1-3-5;3-1-2-4/h5H,1,3H2;3-4H,1-2H2. The second kappa shape index (κ2) is 15.7. The molecular weight excluding hydrogens is 122 g/mol. The van der Waals surface area contributed by atoms with Crippen LogP contribution < -0.4 is 0 Å². The normalized spacial score (nSPS) is 6.89. The number of aliphatic hydroxyl groups excluding tert-OH is 3. The summed E-state index contributed by atoms with van der Waals surface area (Å²) in [7, 11) is 0. The Hall–Kier alpha value is -0.630. The van der Waals surface area contributed by atoms with Crippen molar-refractivity contribution in [2.45, 2.75) is 6.42 Å². The lowest BCUT2D eigenvalue weighted by molar-refractivity contribution is 0.186. The van der Waals surface area contributed by atoms with E-state index in [2.05, 4.69) is 0 Å². The summed E-state index contributed by atoms with van der Waals surface area (Å²) in [6.07, 6.45) is 0.250. The van der Waals surface area contributed by atoms with Crippen LogP contribution in [0.5, 0.6) is 0 Å². The Kier molecular flexibility index (Phi) is 19.5. The van der Waals surface area contributed by atoms with Gasteiger partial charge in [0.1, 0.15) is 0 Å². The molecule has 0 aromatic heterocycles. The highest BCUT2D eigenvalue weighted by Crippen LogP contribution is 1.62. The van der Waals surface area contributed by atoms with Crippen LogP contribution in [0.3, 0.4) is 0 Å². The summed E-state index contributed by atoms with van der Waals surface area (Å²) in [4.78, 5) is 0. The third-order valence-electron chi connectivity index (χ3n) is 0.324. The van der Waals surface area contributed by atoms with E-state index in [0.29, 0.717) is 0 Å². The first-order chi connectivity index (χ1) is 4.33. The highest BCUT2D eigenvalue weighted by molar-refractivity contribution is 4.65. The Balaban J connectivity index is 0. The van der Waals surface area contributed by atoms with Crippen molar-refractivity contribution in [2.75, 3.05) is 19.8 Å². The molecule has 0 rings (SSSR count). The van der Waals surface area contributed by atoms with Crippen molar-refractivity contribution in [3.63, 3.8) is 0 Å². The smallest absolute Gasteiger partial charge is 0.0662 e. The van der Waals surface area contributed by atoms with Crippen molar-refractivity contribution in [1.29, 1.82) is 5.26 Å². The van der Waals surface area contributed by atoms with Gasteiger partial charge in [-0.15, -0.1) is 0 Å². The zero-order chi connectivity index (χ0) is 7.54. The van der Waals surface area contributed by atoms with Gasteiger partial charge in [0, 0.05) is 0 Å². The molecule has 0 saturated heterocycles. The van der Waals surface area contributed by atoms with Gasteiger partial charge < -0.3 is 15.3 Å². The Labute approximate surface area is 54.0 Å². The summed E-state index contributed by atoms with van der Waals surface area (Å²) in [6, 6.07) is 1.77. The molecule has 0 aliphatic heterocycles. The number of hydrogen-bond donors (Lipinski definition) is 3. The number of nitriles is 1. The molecule has 0 saturated carbocycles. The maximum absolute atomic E-state index is 7.84. The molecule has 0 amide bonds. The van der Waals surface area contributed by atoms with E-state index in [1.54, 1.807) is 6.07 Å². The summed E-state index contributed by atoms with van der Waals surface area (Å²) in [5, 5.41) is 30.8. The summed E-state index contributed by atoms with van der Waals surface area (Å²) in [5.41, 5.74) is 0. The maximum atomic E-state index is 7.84. The molecule has 0 spiro atoms. The third-order valence-corrected chi connectivity index (χ3v) is 0.324. The summed E-state index contributed by atoms with van der Waals surface area (Å²) < 4.78 is 0. The predicted octanol–water partition coefficient (Wildman–Crippen LogP) is -1.14. The molecule has 0 aromatic carbocycles. The Morgan fingerprint density at radius 3 is 1.44 bits per heavy atom. The van der Waals surface area contributed by atoms with Gasteiger partial charge in [0.05, 0.1) is 32.3 Å². The van der Waals surface area contributed by atoms with Crippen LogP contribution in [-0.4, -0.2) is 35.1 Å². The van der Waals surface area contributed by atoms with Gasteiger partial charge >= 0.3 is 0 Å². The fourth-order valence-electron chi connectivity index (χ4n) is 0.0500. The molecule has 0 bridgehead atoms. The summed E-state index contributed by atoms with van der Waals surface area (Å²) >= 11 is 0. The highest BCUT2D eigenvalue weighted by Gasteiger charge is 1.66. The molecule has 4 heteroatoms. The zero-order valence-electron chi connectivity index (χ0n) is 5.12. The molecule has 0 unspecified atom stereocenters. The fourth-order valence-corrected chi connectivity index (χ4v) is 0.0500. The lowest BCUT2D eigenvalue weighted by Gasteiger charge is -1.70. The monoisotopic (exact) mass is 133 g/mol. The fraction of sp³-hybridized carbons (Fsp3) is 0.800. The number of hydrogen-bond acceptors (Lipinski definition) is 4. The van der Waals surface area contributed by atoms with E-state index in [0.717, 1.165) is 0 Å². The van der Waals surface area contributed by atoms with Gasteiger partial charge in [0.15, 0.2) is 0 Å². The average Bonchev–Trinajstić information content (AvgIpc) is 1.91. The van der Waals surface area contributed by atoms with Crippen LogP contribution in [0.25, 0.3) is 0 Å². The van der Waals surface area contributed by atoms with Crippen LogP contribution >= 0.6 is 0 Å². The predicted molar refractivity (Wildman–Crippen MR) is 31.5 cm³/mol. The molecule has 0 aliphatic rings. The van der Waals surface area contributed by atoms with Crippen LogP contribution in [0.15, 0.2) is 0 Å². The van der Waals surface area contributed by atoms with Gasteiger partial charge in [-0.25, -0.2) is 0 Å². The summed E-state index contributed by atoms with van der Waals surface area (Å²) in [5.74, 6) is 0. The van der Waals surface area contributed by atoms with Gasteiger partial charge in [-0.3, -0.25) is 0 Å². The van der Waals surface area contributed by atoms with Crippen molar-refractivity contribution < 1.29 is 15.3 Å². The SMILES string of the molecule is N#CCCO.OCCO. The highest BCUT2D eigenvalue weighted by atomic mass is 16.3. The molecule has 0 radical (unpaired) electrons. The van der Waals surface area contributed by atoms with Gasteiger partial charge in [0.2, 0.25) is 0 Å². The minimum absolute atomic E-state index is 0.0174. The van der Waals surface area contributed by atoms with E-state index in [4.69, 9.17) is 20.6 Å². The second-order valence-corrected chi connectivity index (χ2v) is 1.08. The molecular formula is C5H11NO3. The van der Waals surface area contributed by atoms with E-state index in [1.165, 1.54) is 0 Å². The number of nitrogens with zero attached hydrogens (tertiary/aromatic N) is 1. The Morgan fingerprint density at radius 1 is 1.00 bits per heavy atom. The van der Waals surface area contributed by atoms with E-state index >= 15 is 0 Å². The Bertz CT molecular complexity index is 67.1. The van der Waals surface area contributed by atoms with Crippen LogP contribution in [0.4, 0.5) is 0 Å². The van der Waals surface area contributed by atoms with Crippen LogP contribution in [-0.2, 0) is 0 Å². The van der Waals surface area contributed by atoms with Crippen LogP contribution in [0, 0.1) is 11.3 Å². The summed E-state index contributed by atoms with van der Waals surface area (Å²) in [6.45, 7) is -0.267. The zero-order valence-corrected chi connectivity index (χ0v) is 5.12. The van der Waals surface area contributed by atoms with Crippen LogP contribution in [0.1, 0.15) is 6.42 Å². The first kappa shape index (κ1) is 11.2. The first-order valence-corrected chi connectivity index (χ1v) is 2.53. The minimum Gasteiger partial charge on any atom is -0.395 e. The van der Waals surface area contributed by atoms with Gasteiger partial charge in [-0.2, -0.15) is 5.26 Å². The minimum atomic E-state index is -0.125. The maximum Gasteiger partial charge on any atom is 0.0662 e. The van der Waals surface area contributed by atoms with Crippen molar-refractivity contribution in [3.8, 4) is 6.07 Å². The molecule has 0 aliphatic carbocycles. The van der Waals surface area contributed by atoms with Gasteiger partial charge in [-0.1, -0.05) is 0 Å². The van der Waals surface area contributed by atoms with Crippen molar-refractivity contribution in [3.05, 3.63) is 0 Å². The molecule has 3 N–H and O–H groups in total. The van der Waals surface area contributed by atoms with Gasteiger partial charge in [-0.05, 0) is 0 Å². The quantitative estimate of drug-likeness (QED) is 0.444. The van der Waals surface area contributed by atoms with Gasteiger partial charge in [0.25, 0.3) is 0 Å². The van der Waals surface area contributed by atoms with E-state index in [9.17, 15) is 0 Å². The lowest BCUT2D eigenvalue weighted by atomic mass is 10.5.